The summed E-state index contributed by atoms with van der Waals surface area (Å²) >= 11 is 1.76. The second-order valence-electron chi connectivity index (χ2n) is 2.71. The number of anilines is 1. The minimum Gasteiger partial charge on any atom is -0.370 e. The van der Waals surface area contributed by atoms with Gasteiger partial charge >= 0.3 is 0 Å². The van der Waals surface area contributed by atoms with Crippen LogP contribution in [0.1, 0.15) is 4.88 Å². The fraction of sp³-hybridized carbons (Fsp3) is 0.333. The lowest BCUT2D eigenvalue weighted by molar-refractivity contribution is 1.16. The Morgan fingerprint density at radius 2 is 2.25 bits per heavy atom. The van der Waals surface area contributed by atoms with Crippen molar-refractivity contribution in [2.24, 2.45) is 5.73 Å². The second kappa shape index (κ2) is 4.28. The summed E-state index contributed by atoms with van der Waals surface area (Å²) in [5.74, 6) is 0. The first-order chi connectivity index (χ1) is 5.74. The van der Waals surface area contributed by atoms with E-state index in [0.717, 1.165) is 0 Å². The lowest BCUT2D eigenvalue weighted by Crippen LogP contribution is -2.05. The minimum atomic E-state index is 0.606. The smallest absolute Gasteiger partial charge is 0.0909 e. The molecule has 2 nitrogen and oxygen atoms in total. The van der Waals surface area contributed by atoms with Crippen molar-refractivity contribution in [3.05, 3.63) is 23.1 Å². The van der Waals surface area contributed by atoms with Crippen LogP contribution in [0.15, 0.2) is 18.2 Å². The Kier molecular flexibility index (Phi) is 3.31. The molecule has 0 aliphatic rings. The molecule has 1 aromatic heterocycles. The Balaban J connectivity index is 2.70. The molecule has 1 aromatic rings. The molecule has 0 bridgehead atoms. The fourth-order valence-electron chi connectivity index (χ4n) is 0.856. The summed E-state index contributed by atoms with van der Waals surface area (Å²) in [5, 5.41) is 1.27. The van der Waals surface area contributed by atoms with Crippen molar-refractivity contribution in [2.45, 2.75) is 0 Å². The number of nitrogens with two attached hydrogens (primary N) is 1. The van der Waals surface area contributed by atoms with Gasteiger partial charge in [-0.1, -0.05) is 6.08 Å². The number of hydrogen-bond acceptors (Lipinski definition) is 3. The monoisotopic (exact) mass is 182 g/mol. The highest BCUT2D eigenvalue weighted by Gasteiger charge is 1.97. The summed E-state index contributed by atoms with van der Waals surface area (Å²) in [6, 6.07) is 4.22. The SMILES string of the molecule is CN(C)c1ccc(/C=C/CN)s1. The summed E-state index contributed by atoms with van der Waals surface area (Å²) < 4.78 is 0. The van der Waals surface area contributed by atoms with Gasteiger partial charge in [-0.15, -0.1) is 11.3 Å². The first-order valence-corrected chi connectivity index (χ1v) is 4.69. The van der Waals surface area contributed by atoms with Crippen LogP contribution in [0.3, 0.4) is 0 Å². The Morgan fingerprint density at radius 3 is 2.75 bits per heavy atom. The van der Waals surface area contributed by atoms with Crippen molar-refractivity contribution >= 4 is 22.4 Å². The van der Waals surface area contributed by atoms with Crippen LogP contribution in [0, 0.1) is 0 Å². The van der Waals surface area contributed by atoms with E-state index in [2.05, 4.69) is 23.1 Å². The van der Waals surface area contributed by atoms with Crippen LogP contribution in [0.25, 0.3) is 6.08 Å². The van der Waals surface area contributed by atoms with E-state index in [4.69, 9.17) is 5.73 Å². The van der Waals surface area contributed by atoms with Gasteiger partial charge in [0, 0.05) is 25.5 Å². The second-order valence-corrected chi connectivity index (χ2v) is 3.80. The van der Waals surface area contributed by atoms with Crippen LogP contribution in [0.5, 0.6) is 0 Å². The molecule has 2 N–H and O–H groups in total. The van der Waals surface area contributed by atoms with Crippen molar-refractivity contribution in [1.82, 2.24) is 0 Å². The molecule has 0 saturated heterocycles. The van der Waals surface area contributed by atoms with Gasteiger partial charge in [0.05, 0.1) is 5.00 Å². The van der Waals surface area contributed by atoms with Gasteiger partial charge in [-0.3, -0.25) is 0 Å². The molecule has 0 unspecified atom stereocenters. The molecule has 0 radical (unpaired) electrons. The molecule has 0 amide bonds. The Morgan fingerprint density at radius 1 is 1.50 bits per heavy atom. The molecule has 0 fully saturated rings. The largest absolute Gasteiger partial charge is 0.370 e. The third kappa shape index (κ3) is 2.36. The molecule has 1 rings (SSSR count). The molecule has 0 aromatic carbocycles. The van der Waals surface area contributed by atoms with Crippen LogP contribution >= 0.6 is 11.3 Å². The standard InChI is InChI=1S/C9H14N2S/c1-11(2)9-6-5-8(12-9)4-3-7-10/h3-6H,7,10H2,1-2H3/b4-3+. The van der Waals surface area contributed by atoms with E-state index < -0.39 is 0 Å². The normalized spacial score (nSPS) is 10.9. The molecular weight excluding hydrogens is 168 g/mol. The first-order valence-electron chi connectivity index (χ1n) is 3.88. The highest BCUT2D eigenvalue weighted by Crippen LogP contribution is 2.24. The molecule has 3 heteroatoms. The topological polar surface area (TPSA) is 29.3 Å². The lowest BCUT2D eigenvalue weighted by atomic mass is 10.4. The van der Waals surface area contributed by atoms with Gasteiger partial charge in [0.25, 0.3) is 0 Å². The Labute approximate surface area is 77.3 Å². The van der Waals surface area contributed by atoms with Gasteiger partial charge in [-0.25, -0.2) is 0 Å². The third-order valence-corrected chi connectivity index (χ3v) is 2.69. The average Bonchev–Trinajstić information content (AvgIpc) is 2.48. The Bertz CT molecular complexity index is 263. The van der Waals surface area contributed by atoms with Crippen molar-refractivity contribution in [3.8, 4) is 0 Å². The third-order valence-electron chi connectivity index (χ3n) is 1.47. The van der Waals surface area contributed by atoms with Crippen LogP contribution < -0.4 is 10.6 Å². The van der Waals surface area contributed by atoms with Gasteiger partial charge < -0.3 is 10.6 Å². The molecule has 0 saturated carbocycles. The number of thiophene rings is 1. The highest BCUT2D eigenvalue weighted by molar-refractivity contribution is 7.16. The first kappa shape index (κ1) is 9.29. The maximum absolute atomic E-state index is 5.35. The molecule has 0 spiro atoms. The van der Waals surface area contributed by atoms with E-state index in [-0.39, 0.29) is 0 Å². The van der Waals surface area contributed by atoms with Crippen molar-refractivity contribution in [1.29, 1.82) is 0 Å². The quantitative estimate of drug-likeness (QED) is 0.772. The van der Waals surface area contributed by atoms with Gasteiger partial charge in [-0.2, -0.15) is 0 Å². The van der Waals surface area contributed by atoms with Gasteiger partial charge in [-0.05, 0) is 18.2 Å². The zero-order chi connectivity index (χ0) is 8.97. The molecule has 1 heterocycles. The van der Waals surface area contributed by atoms with E-state index in [9.17, 15) is 0 Å². The van der Waals surface area contributed by atoms with E-state index >= 15 is 0 Å². The molecule has 0 atom stereocenters. The minimum absolute atomic E-state index is 0.606. The summed E-state index contributed by atoms with van der Waals surface area (Å²) in [4.78, 5) is 3.36. The summed E-state index contributed by atoms with van der Waals surface area (Å²) in [6.07, 6.45) is 4.02. The van der Waals surface area contributed by atoms with E-state index in [0.29, 0.717) is 6.54 Å². The van der Waals surface area contributed by atoms with Crippen LogP contribution in [0.4, 0.5) is 5.00 Å². The highest BCUT2D eigenvalue weighted by atomic mass is 32.1. The summed E-state index contributed by atoms with van der Waals surface area (Å²) in [6.45, 7) is 0.606. The maximum Gasteiger partial charge on any atom is 0.0909 e. The van der Waals surface area contributed by atoms with Gasteiger partial charge in [0.15, 0.2) is 0 Å². The fourth-order valence-corrected chi connectivity index (χ4v) is 1.72. The summed E-state index contributed by atoms with van der Waals surface area (Å²) in [5.41, 5.74) is 5.35. The zero-order valence-corrected chi connectivity index (χ0v) is 8.27. The van der Waals surface area contributed by atoms with E-state index in [1.807, 2.05) is 20.2 Å². The van der Waals surface area contributed by atoms with Crippen molar-refractivity contribution < 1.29 is 0 Å². The van der Waals surface area contributed by atoms with Crippen LogP contribution in [-0.2, 0) is 0 Å². The van der Waals surface area contributed by atoms with E-state index in [1.165, 1.54) is 9.88 Å². The van der Waals surface area contributed by atoms with Crippen molar-refractivity contribution in [3.63, 3.8) is 0 Å². The number of rotatable bonds is 3. The number of hydrogen-bond donors (Lipinski definition) is 1. The molecule has 12 heavy (non-hydrogen) atoms. The Hall–Kier alpha value is -0.800. The maximum atomic E-state index is 5.35. The van der Waals surface area contributed by atoms with Crippen LogP contribution in [-0.4, -0.2) is 20.6 Å². The predicted molar refractivity (Wildman–Crippen MR) is 56.7 cm³/mol. The summed E-state index contributed by atoms with van der Waals surface area (Å²) in [7, 11) is 4.09. The van der Waals surface area contributed by atoms with Gasteiger partial charge in [0.2, 0.25) is 0 Å². The number of nitrogens with zero attached hydrogens (tertiary/aromatic N) is 1. The molecule has 66 valence electrons. The molecule has 0 aliphatic heterocycles. The predicted octanol–water partition coefficient (Wildman–Crippen LogP) is 1.79. The van der Waals surface area contributed by atoms with E-state index in [1.54, 1.807) is 11.3 Å². The van der Waals surface area contributed by atoms with Gasteiger partial charge in [0.1, 0.15) is 0 Å². The average molecular weight is 182 g/mol. The molecular formula is C9H14N2S. The lowest BCUT2D eigenvalue weighted by Gasteiger charge is -2.06. The zero-order valence-electron chi connectivity index (χ0n) is 7.45. The van der Waals surface area contributed by atoms with Crippen molar-refractivity contribution in [2.75, 3.05) is 25.5 Å². The molecule has 0 aliphatic carbocycles. The van der Waals surface area contributed by atoms with Crippen LogP contribution in [0.2, 0.25) is 0 Å².